The van der Waals surface area contributed by atoms with E-state index in [1.165, 1.54) is 38.1 Å². The molecule has 0 aliphatic carbocycles. The summed E-state index contributed by atoms with van der Waals surface area (Å²) in [4.78, 5) is -0.213. The molecule has 0 aliphatic heterocycles. The van der Waals surface area contributed by atoms with Crippen LogP contribution in [0.1, 0.15) is 13.8 Å². The summed E-state index contributed by atoms with van der Waals surface area (Å²) < 4.78 is 62.4. The fraction of sp³-hybridized carbons (Fsp3) is 0.455. The number of nitrogen functional groups attached to an aromatic ring is 1. The number of alkyl halides is 3. The standard InChI is InChI=1S/C11H16F3N3O2S/c1-8(2)17(7-11(12,13)14)20(18,19)10-5-3-9(16-15)4-6-10/h3-6,8,16H,7,15H2,1-2H3. The van der Waals surface area contributed by atoms with E-state index in [4.69, 9.17) is 5.84 Å². The Morgan fingerprint density at radius 1 is 1.25 bits per heavy atom. The van der Waals surface area contributed by atoms with Gasteiger partial charge in [-0.15, -0.1) is 0 Å². The van der Waals surface area contributed by atoms with Crippen molar-refractivity contribution >= 4 is 15.7 Å². The lowest BCUT2D eigenvalue weighted by Crippen LogP contribution is -2.43. The summed E-state index contributed by atoms with van der Waals surface area (Å²) in [6, 6.07) is 4.35. The molecule has 1 aromatic rings. The summed E-state index contributed by atoms with van der Waals surface area (Å²) in [5.74, 6) is 5.14. The smallest absolute Gasteiger partial charge is 0.324 e. The number of hydrazine groups is 1. The summed E-state index contributed by atoms with van der Waals surface area (Å²) in [5, 5.41) is 0. The van der Waals surface area contributed by atoms with Crippen molar-refractivity contribution in [1.82, 2.24) is 4.31 Å². The number of benzene rings is 1. The van der Waals surface area contributed by atoms with E-state index in [-0.39, 0.29) is 4.90 Å². The maximum Gasteiger partial charge on any atom is 0.402 e. The van der Waals surface area contributed by atoms with E-state index in [9.17, 15) is 21.6 Å². The molecule has 5 nitrogen and oxygen atoms in total. The molecular formula is C11H16F3N3O2S. The number of sulfonamides is 1. The molecule has 1 rings (SSSR count). The molecule has 0 saturated heterocycles. The summed E-state index contributed by atoms with van der Waals surface area (Å²) >= 11 is 0. The van der Waals surface area contributed by atoms with Gasteiger partial charge in [0.2, 0.25) is 10.0 Å². The van der Waals surface area contributed by atoms with Gasteiger partial charge >= 0.3 is 6.18 Å². The molecule has 0 unspecified atom stereocenters. The predicted octanol–water partition coefficient (Wildman–Crippen LogP) is 1.93. The molecule has 0 heterocycles. The Kier molecular flexibility index (Phi) is 5.00. The van der Waals surface area contributed by atoms with Crippen LogP contribution < -0.4 is 11.3 Å². The lowest BCUT2D eigenvalue weighted by Gasteiger charge is -2.26. The first-order chi connectivity index (χ1) is 9.08. The zero-order valence-electron chi connectivity index (χ0n) is 11.0. The quantitative estimate of drug-likeness (QED) is 0.643. The number of nitrogens with zero attached hydrogens (tertiary/aromatic N) is 1. The van der Waals surface area contributed by atoms with Crippen LogP contribution in [0, 0.1) is 0 Å². The van der Waals surface area contributed by atoms with Crippen LogP contribution in [-0.4, -0.2) is 31.5 Å². The molecule has 0 aliphatic rings. The Morgan fingerprint density at radius 2 is 1.75 bits per heavy atom. The number of nitrogens with one attached hydrogen (secondary N) is 1. The highest BCUT2D eigenvalue weighted by atomic mass is 32.2. The maximum atomic E-state index is 12.5. The van der Waals surface area contributed by atoms with Gasteiger partial charge in [-0.1, -0.05) is 0 Å². The van der Waals surface area contributed by atoms with Crippen LogP contribution >= 0.6 is 0 Å². The number of hydrogen-bond acceptors (Lipinski definition) is 4. The van der Waals surface area contributed by atoms with Gasteiger partial charge in [-0.3, -0.25) is 5.84 Å². The molecule has 20 heavy (non-hydrogen) atoms. The van der Waals surface area contributed by atoms with Gasteiger partial charge < -0.3 is 5.43 Å². The van der Waals surface area contributed by atoms with E-state index in [1.807, 2.05) is 0 Å². The van der Waals surface area contributed by atoms with Crippen molar-refractivity contribution in [2.24, 2.45) is 5.84 Å². The molecule has 0 radical (unpaired) electrons. The largest absolute Gasteiger partial charge is 0.402 e. The molecule has 0 fully saturated rings. The van der Waals surface area contributed by atoms with Crippen molar-refractivity contribution in [1.29, 1.82) is 0 Å². The van der Waals surface area contributed by atoms with E-state index in [0.717, 1.165) is 0 Å². The van der Waals surface area contributed by atoms with Crippen molar-refractivity contribution < 1.29 is 21.6 Å². The molecule has 114 valence electrons. The second kappa shape index (κ2) is 5.98. The predicted molar refractivity (Wildman–Crippen MR) is 69.3 cm³/mol. The Labute approximate surface area is 115 Å². The second-order valence-corrected chi connectivity index (χ2v) is 6.32. The topological polar surface area (TPSA) is 75.4 Å². The summed E-state index contributed by atoms with van der Waals surface area (Å²) in [6.45, 7) is 1.25. The average molecular weight is 311 g/mol. The first kappa shape index (κ1) is 16.7. The van der Waals surface area contributed by atoms with Gasteiger partial charge in [-0.2, -0.15) is 17.5 Å². The molecular weight excluding hydrogens is 295 g/mol. The van der Waals surface area contributed by atoms with E-state index < -0.39 is 28.8 Å². The molecule has 9 heteroatoms. The van der Waals surface area contributed by atoms with E-state index >= 15 is 0 Å². The summed E-state index contributed by atoms with van der Waals surface area (Å²) in [7, 11) is -4.21. The van der Waals surface area contributed by atoms with E-state index in [2.05, 4.69) is 5.43 Å². The monoisotopic (exact) mass is 311 g/mol. The Bertz CT molecular complexity index is 541. The van der Waals surface area contributed by atoms with Crippen molar-refractivity contribution in [3.05, 3.63) is 24.3 Å². The molecule has 3 N–H and O–H groups in total. The highest BCUT2D eigenvalue weighted by Gasteiger charge is 2.38. The van der Waals surface area contributed by atoms with Crippen molar-refractivity contribution in [3.8, 4) is 0 Å². The minimum Gasteiger partial charge on any atom is -0.324 e. The normalized spacial score (nSPS) is 13.0. The maximum absolute atomic E-state index is 12.5. The lowest BCUT2D eigenvalue weighted by molar-refractivity contribution is -0.138. The number of anilines is 1. The molecule has 0 aromatic heterocycles. The number of nitrogens with two attached hydrogens (primary N) is 1. The minimum absolute atomic E-state index is 0.213. The number of halogens is 3. The van der Waals surface area contributed by atoms with Crippen molar-refractivity contribution in [2.75, 3.05) is 12.0 Å². The van der Waals surface area contributed by atoms with Crippen LogP contribution in [0.25, 0.3) is 0 Å². The van der Waals surface area contributed by atoms with Crippen LogP contribution in [-0.2, 0) is 10.0 Å². The second-order valence-electron chi connectivity index (χ2n) is 4.43. The van der Waals surface area contributed by atoms with Gasteiger partial charge in [-0.05, 0) is 38.1 Å². The minimum atomic E-state index is -4.60. The zero-order valence-corrected chi connectivity index (χ0v) is 11.8. The first-order valence-corrected chi connectivity index (χ1v) is 7.17. The fourth-order valence-electron chi connectivity index (χ4n) is 1.58. The fourth-order valence-corrected chi connectivity index (χ4v) is 3.20. The van der Waals surface area contributed by atoms with Crippen LogP contribution in [0.15, 0.2) is 29.2 Å². The molecule has 0 atom stereocenters. The highest BCUT2D eigenvalue weighted by molar-refractivity contribution is 7.89. The van der Waals surface area contributed by atoms with E-state index in [1.54, 1.807) is 0 Å². The van der Waals surface area contributed by atoms with Gasteiger partial charge in [0.15, 0.2) is 0 Å². The molecule has 0 bridgehead atoms. The Hall–Kier alpha value is -1.32. The lowest BCUT2D eigenvalue weighted by atomic mass is 10.3. The molecule has 0 saturated carbocycles. The third-order valence-electron chi connectivity index (χ3n) is 2.54. The average Bonchev–Trinajstić information content (AvgIpc) is 2.34. The molecule has 0 amide bonds. The van der Waals surface area contributed by atoms with Gasteiger partial charge in [0.25, 0.3) is 0 Å². The van der Waals surface area contributed by atoms with Gasteiger partial charge in [0, 0.05) is 11.7 Å². The number of rotatable bonds is 5. The van der Waals surface area contributed by atoms with Crippen LogP contribution in [0.4, 0.5) is 18.9 Å². The van der Waals surface area contributed by atoms with Gasteiger partial charge in [-0.25, -0.2) is 8.42 Å². The van der Waals surface area contributed by atoms with Crippen molar-refractivity contribution in [3.63, 3.8) is 0 Å². The molecule has 1 aromatic carbocycles. The van der Waals surface area contributed by atoms with E-state index in [0.29, 0.717) is 9.99 Å². The summed E-state index contributed by atoms with van der Waals surface area (Å²) in [6.07, 6.45) is -4.60. The molecule has 0 spiro atoms. The van der Waals surface area contributed by atoms with Crippen LogP contribution in [0.2, 0.25) is 0 Å². The summed E-state index contributed by atoms with van der Waals surface area (Å²) in [5.41, 5.74) is 2.76. The van der Waals surface area contributed by atoms with Crippen LogP contribution in [0.3, 0.4) is 0 Å². The highest BCUT2D eigenvalue weighted by Crippen LogP contribution is 2.25. The zero-order chi connectivity index (χ0) is 15.6. The third kappa shape index (κ3) is 4.09. The van der Waals surface area contributed by atoms with Gasteiger partial charge in [0.1, 0.15) is 6.54 Å². The number of hydrogen-bond donors (Lipinski definition) is 2. The SMILES string of the molecule is CC(C)N(CC(F)(F)F)S(=O)(=O)c1ccc(NN)cc1. The Balaban J connectivity index is 3.15. The van der Waals surface area contributed by atoms with Crippen LogP contribution in [0.5, 0.6) is 0 Å². The first-order valence-electron chi connectivity index (χ1n) is 5.73. The Morgan fingerprint density at radius 3 is 2.10 bits per heavy atom. The van der Waals surface area contributed by atoms with Crippen molar-refractivity contribution in [2.45, 2.75) is 31.0 Å². The van der Waals surface area contributed by atoms with Gasteiger partial charge in [0.05, 0.1) is 4.90 Å². The third-order valence-corrected chi connectivity index (χ3v) is 4.57.